The average molecular weight is 256 g/mol. The monoisotopic (exact) mass is 256 g/mol. The van der Waals surface area contributed by atoms with Crippen LogP contribution in [0.15, 0.2) is 18.2 Å². The van der Waals surface area contributed by atoms with Crippen LogP contribution < -0.4 is 16.0 Å². The Hall–Kier alpha value is -1.17. The van der Waals surface area contributed by atoms with Gasteiger partial charge in [0.2, 0.25) is 0 Å². The van der Waals surface area contributed by atoms with Gasteiger partial charge in [0, 0.05) is 13.2 Å². The maximum atomic E-state index is 13.5. The summed E-state index contributed by atoms with van der Waals surface area (Å²) in [5.74, 6) is 5.39. The SMILES string of the molecule is COc1ccc(CC(CC(C)OC)NN)cc1F. The predicted octanol–water partition coefficient (Wildman–Crippen LogP) is 1.63. The normalized spacial score (nSPS) is 14.3. The maximum absolute atomic E-state index is 13.5. The molecule has 0 heterocycles. The van der Waals surface area contributed by atoms with Crippen LogP contribution in [-0.2, 0) is 11.2 Å². The third kappa shape index (κ3) is 4.25. The molecule has 0 saturated carbocycles. The molecule has 5 heteroatoms. The number of hydrazine groups is 1. The molecule has 0 aliphatic carbocycles. The molecule has 0 fully saturated rings. The van der Waals surface area contributed by atoms with E-state index < -0.39 is 0 Å². The van der Waals surface area contributed by atoms with Crippen LogP contribution in [-0.4, -0.2) is 26.4 Å². The topological polar surface area (TPSA) is 56.5 Å². The lowest BCUT2D eigenvalue weighted by atomic mass is 10.0. The van der Waals surface area contributed by atoms with Crippen molar-refractivity contribution in [2.45, 2.75) is 31.9 Å². The van der Waals surface area contributed by atoms with Gasteiger partial charge in [-0.15, -0.1) is 0 Å². The summed E-state index contributed by atoms with van der Waals surface area (Å²) in [4.78, 5) is 0. The van der Waals surface area contributed by atoms with Crippen LogP contribution in [0.5, 0.6) is 5.75 Å². The molecule has 0 spiro atoms. The minimum Gasteiger partial charge on any atom is -0.494 e. The van der Waals surface area contributed by atoms with Gasteiger partial charge in [-0.1, -0.05) is 6.07 Å². The smallest absolute Gasteiger partial charge is 0.165 e. The van der Waals surface area contributed by atoms with Gasteiger partial charge in [0.15, 0.2) is 11.6 Å². The summed E-state index contributed by atoms with van der Waals surface area (Å²) in [5.41, 5.74) is 3.60. The Morgan fingerprint density at radius 1 is 1.39 bits per heavy atom. The number of halogens is 1. The molecular weight excluding hydrogens is 235 g/mol. The summed E-state index contributed by atoms with van der Waals surface area (Å²) in [7, 11) is 3.11. The summed E-state index contributed by atoms with van der Waals surface area (Å²) < 4.78 is 23.6. The van der Waals surface area contributed by atoms with Crippen LogP contribution in [0, 0.1) is 5.82 Å². The van der Waals surface area contributed by atoms with Crippen LogP contribution in [0.1, 0.15) is 18.9 Å². The van der Waals surface area contributed by atoms with Crippen molar-refractivity contribution in [1.82, 2.24) is 5.43 Å². The highest BCUT2D eigenvalue weighted by Gasteiger charge is 2.13. The lowest BCUT2D eigenvalue weighted by Gasteiger charge is -2.19. The fraction of sp³-hybridized carbons (Fsp3) is 0.538. The molecular formula is C13H21FN2O2. The minimum atomic E-state index is -0.356. The van der Waals surface area contributed by atoms with Crippen molar-refractivity contribution < 1.29 is 13.9 Å². The minimum absolute atomic E-state index is 0.0488. The quantitative estimate of drug-likeness (QED) is 0.575. The van der Waals surface area contributed by atoms with Gasteiger partial charge >= 0.3 is 0 Å². The number of methoxy groups -OCH3 is 2. The van der Waals surface area contributed by atoms with E-state index in [2.05, 4.69) is 5.43 Å². The van der Waals surface area contributed by atoms with E-state index in [-0.39, 0.29) is 23.7 Å². The molecule has 0 aliphatic heterocycles. The first-order valence-electron chi connectivity index (χ1n) is 5.92. The largest absolute Gasteiger partial charge is 0.494 e. The molecule has 4 nitrogen and oxygen atoms in total. The Morgan fingerprint density at radius 2 is 2.11 bits per heavy atom. The molecule has 18 heavy (non-hydrogen) atoms. The number of nitrogens with two attached hydrogens (primary N) is 1. The van der Waals surface area contributed by atoms with Crippen molar-refractivity contribution >= 4 is 0 Å². The Bertz CT molecular complexity index is 374. The summed E-state index contributed by atoms with van der Waals surface area (Å²) in [6.07, 6.45) is 1.51. The Balaban J connectivity index is 2.67. The van der Waals surface area contributed by atoms with Crippen molar-refractivity contribution in [2.75, 3.05) is 14.2 Å². The molecule has 0 bridgehead atoms. The van der Waals surface area contributed by atoms with Gasteiger partial charge in [-0.25, -0.2) is 4.39 Å². The zero-order chi connectivity index (χ0) is 13.5. The van der Waals surface area contributed by atoms with Gasteiger partial charge in [0.25, 0.3) is 0 Å². The lowest BCUT2D eigenvalue weighted by Crippen LogP contribution is -2.39. The molecule has 1 aromatic carbocycles. The number of rotatable bonds is 7. The maximum Gasteiger partial charge on any atom is 0.165 e. The number of ether oxygens (including phenoxy) is 2. The Morgan fingerprint density at radius 3 is 2.61 bits per heavy atom. The standard InChI is InChI=1S/C13H21FN2O2/c1-9(17-2)6-11(16-15)7-10-4-5-13(18-3)12(14)8-10/h4-5,8-9,11,16H,6-7,15H2,1-3H3. The van der Waals surface area contributed by atoms with Crippen LogP contribution >= 0.6 is 0 Å². The third-order valence-corrected chi connectivity index (χ3v) is 2.95. The first-order valence-corrected chi connectivity index (χ1v) is 5.92. The van der Waals surface area contributed by atoms with Crippen molar-refractivity contribution in [3.63, 3.8) is 0 Å². The molecule has 102 valence electrons. The van der Waals surface area contributed by atoms with E-state index in [4.69, 9.17) is 15.3 Å². The van der Waals surface area contributed by atoms with E-state index in [0.29, 0.717) is 6.42 Å². The first kappa shape index (κ1) is 14.9. The van der Waals surface area contributed by atoms with Crippen LogP contribution in [0.25, 0.3) is 0 Å². The van der Waals surface area contributed by atoms with Gasteiger partial charge in [-0.3, -0.25) is 11.3 Å². The predicted molar refractivity (Wildman–Crippen MR) is 68.9 cm³/mol. The first-order chi connectivity index (χ1) is 8.60. The molecule has 0 radical (unpaired) electrons. The highest BCUT2D eigenvalue weighted by molar-refractivity contribution is 5.29. The molecule has 1 rings (SSSR count). The molecule has 0 aliphatic rings. The van der Waals surface area contributed by atoms with E-state index in [0.717, 1.165) is 12.0 Å². The van der Waals surface area contributed by atoms with Gasteiger partial charge in [0.1, 0.15) is 0 Å². The lowest BCUT2D eigenvalue weighted by molar-refractivity contribution is 0.100. The summed E-state index contributed by atoms with van der Waals surface area (Å²) >= 11 is 0. The second kappa shape index (κ2) is 7.31. The molecule has 2 unspecified atom stereocenters. The third-order valence-electron chi connectivity index (χ3n) is 2.95. The molecule has 0 amide bonds. The fourth-order valence-corrected chi connectivity index (χ4v) is 1.83. The van der Waals surface area contributed by atoms with Gasteiger partial charge in [-0.2, -0.15) is 0 Å². The number of benzene rings is 1. The number of nitrogens with one attached hydrogen (secondary N) is 1. The summed E-state index contributed by atoms with van der Waals surface area (Å²) in [6, 6.07) is 4.98. The molecule has 0 saturated heterocycles. The Kier molecular flexibility index (Phi) is 6.04. The number of hydrogen-bond acceptors (Lipinski definition) is 4. The van der Waals surface area contributed by atoms with Crippen molar-refractivity contribution in [2.24, 2.45) is 5.84 Å². The highest BCUT2D eigenvalue weighted by Crippen LogP contribution is 2.19. The molecule has 1 aromatic rings. The van der Waals surface area contributed by atoms with Crippen LogP contribution in [0.3, 0.4) is 0 Å². The number of hydrogen-bond donors (Lipinski definition) is 2. The Labute approximate surface area is 107 Å². The molecule has 3 N–H and O–H groups in total. The van der Waals surface area contributed by atoms with Gasteiger partial charge in [-0.05, 0) is 37.5 Å². The van der Waals surface area contributed by atoms with Crippen LogP contribution in [0.4, 0.5) is 4.39 Å². The zero-order valence-electron chi connectivity index (χ0n) is 11.1. The average Bonchev–Trinajstić information content (AvgIpc) is 2.38. The van der Waals surface area contributed by atoms with Crippen molar-refractivity contribution in [3.05, 3.63) is 29.6 Å². The van der Waals surface area contributed by atoms with Crippen molar-refractivity contribution in [3.8, 4) is 5.75 Å². The second-order valence-corrected chi connectivity index (χ2v) is 4.32. The fourth-order valence-electron chi connectivity index (χ4n) is 1.83. The van der Waals surface area contributed by atoms with E-state index in [9.17, 15) is 4.39 Å². The van der Waals surface area contributed by atoms with Gasteiger partial charge < -0.3 is 9.47 Å². The van der Waals surface area contributed by atoms with E-state index in [1.165, 1.54) is 13.2 Å². The molecule has 2 atom stereocenters. The van der Waals surface area contributed by atoms with Gasteiger partial charge in [0.05, 0.1) is 13.2 Å². The second-order valence-electron chi connectivity index (χ2n) is 4.32. The van der Waals surface area contributed by atoms with Crippen LogP contribution in [0.2, 0.25) is 0 Å². The van der Waals surface area contributed by atoms with E-state index >= 15 is 0 Å². The molecule has 0 aromatic heterocycles. The summed E-state index contributed by atoms with van der Waals surface area (Å²) in [5, 5.41) is 0. The van der Waals surface area contributed by atoms with E-state index in [1.54, 1.807) is 13.2 Å². The zero-order valence-corrected chi connectivity index (χ0v) is 11.1. The van der Waals surface area contributed by atoms with E-state index in [1.807, 2.05) is 13.0 Å². The summed E-state index contributed by atoms with van der Waals surface area (Å²) in [6.45, 7) is 1.97. The van der Waals surface area contributed by atoms with Crippen molar-refractivity contribution in [1.29, 1.82) is 0 Å². The highest BCUT2D eigenvalue weighted by atomic mass is 19.1.